The van der Waals surface area contributed by atoms with Crippen molar-refractivity contribution in [2.24, 2.45) is 0 Å². The molecule has 0 aliphatic rings. The van der Waals surface area contributed by atoms with Crippen molar-refractivity contribution < 1.29 is 4.79 Å². The Morgan fingerprint density at radius 2 is 1.90 bits per heavy atom. The van der Waals surface area contributed by atoms with Gasteiger partial charge in [0.1, 0.15) is 5.82 Å². The Balaban J connectivity index is 1.66. The minimum atomic E-state index is -0.337. The quantitative estimate of drug-likeness (QED) is 0.530. The molecule has 0 atom stereocenters. The first-order chi connectivity index (χ1) is 13.9. The number of aryl methyl sites for hydroxylation is 1. The number of pyridine rings is 2. The highest BCUT2D eigenvalue weighted by Crippen LogP contribution is 2.25. The van der Waals surface area contributed by atoms with Gasteiger partial charge in [0.15, 0.2) is 11.6 Å². The Morgan fingerprint density at radius 3 is 2.62 bits per heavy atom. The Hall–Kier alpha value is -3.23. The summed E-state index contributed by atoms with van der Waals surface area (Å²) in [7, 11) is 0. The van der Waals surface area contributed by atoms with Gasteiger partial charge in [0.25, 0.3) is 5.91 Å². The van der Waals surface area contributed by atoms with E-state index < -0.39 is 0 Å². The van der Waals surface area contributed by atoms with E-state index in [0.717, 1.165) is 0 Å². The van der Waals surface area contributed by atoms with Gasteiger partial charge in [-0.2, -0.15) is 14.9 Å². The molecule has 0 bridgehead atoms. The number of rotatable bonds is 4. The first-order valence-corrected chi connectivity index (χ1v) is 9.35. The van der Waals surface area contributed by atoms with Gasteiger partial charge in [-0.3, -0.25) is 4.79 Å². The van der Waals surface area contributed by atoms with E-state index in [9.17, 15) is 4.79 Å². The van der Waals surface area contributed by atoms with Crippen molar-refractivity contribution in [1.82, 2.24) is 29.5 Å². The van der Waals surface area contributed by atoms with Gasteiger partial charge in [0.05, 0.1) is 33.2 Å². The molecule has 29 heavy (non-hydrogen) atoms. The molecule has 4 heterocycles. The fourth-order valence-corrected chi connectivity index (χ4v) is 3.30. The molecule has 0 saturated heterocycles. The number of amides is 1. The second-order valence-electron chi connectivity index (χ2n) is 6.24. The van der Waals surface area contributed by atoms with Crippen molar-refractivity contribution in [3.05, 3.63) is 75.9 Å². The van der Waals surface area contributed by atoms with Crippen LogP contribution in [-0.2, 0) is 0 Å². The maximum Gasteiger partial charge on any atom is 0.260 e. The SMILES string of the molecule is Cc1cc(NC(=O)c2cnn(-c3ccccn3)c2C)n(-c2ncc(Cl)cc2Cl)n1. The molecule has 0 aliphatic heterocycles. The van der Waals surface area contributed by atoms with Gasteiger partial charge in [-0.05, 0) is 32.0 Å². The van der Waals surface area contributed by atoms with E-state index in [1.165, 1.54) is 17.1 Å². The van der Waals surface area contributed by atoms with Gasteiger partial charge in [-0.1, -0.05) is 29.3 Å². The normalized spacial score (nSPS) is 10.9. The third-order valence-corrected chi connectivity index (χ3v) is 4.67. The number of hydrogen-bond donors (Lipinski definition) is 1. The highest BCUT2D eigenvalue weighted by atomic mass is 35.5. The van der Waals surface area contributed by atoms with Crippen LogP contribution in [0, 0.1) is 13.8 Å². The Morgan fingerprint density at radius 1 is 1.07 bits per heavy atom. The number of hydrogen-bond acceptors (Lipinski definition) is 5. The number of halogens is 2. The highest BCUT2D eigenvalue weighted by Gasteiger charge is 2.19. The largest absolute Gasteiger partial charge is 0.306 e. The fraction of sp³-hybridized carbons (Fsp3) is 0.105. The molecule has 4 aromatic rings. The molecule has 8 nitrogen and oxygen atoms in total. The van der Waals surface area contributed by atoms with Crippen LogP contribution in [0.5, 0.6) is 0 Å². The zero-order chi connectivity index (χ0) is 20.5. The summed E-state index contributed by atoms with van der Waals surface area (Å²) in [5.41, 5.74) is 1.76. The smallest absolute Gasteiger partial charge is 0.260 e. The molecular formula is C19H15Cl2N7O. The van der Waals surface area contributed by atoms with Crippen LogP contribution in [0.2, 0.25) is 10.0 Å². The summed E-state index contributed by atoms with van der Waals surface area (Å²) in [4.78, 5) is 21.4. The van der Waals surface area contributed by atoms with Crippen LogP contribution < -0.4 is 5.32 Å². The Labute approximate surface area is 176 Å². The van der Waals surface area contributed by atoms with Gasteiger partial charge in [-0.25, -0.2) is 14.6 Å². The number of carbonyl (C=O) groups is 1. The zero-order valence-corrected chi connectivity index (χ0v) is 17.0. The van der Waals surface area contributed by atoms with Crippen LogP contribution in [0.3, 0.4) is 0 Å². The predicted octanol–water partition coefficient (Wildman–Crippen LogP) is 4.02. The summed E-state index contributed by atoms with van der Waals surface area (Å²) in [6.07, 6.45) is 4.63. The summed E-state index contributed by atoms with van der Waals surface area (Å²) < 4.78 is 3.07. The molecule has 0 aromatic carbocycles. The molecule has 0 unspecified atom stereocenters. The molecule has 146 valence electrons. The molecule has 1 N–H and O–H groups in total. The average molecular weight is 428 g/mol. The standard InChI is InChI=1S/C19H15Cl2N7O/c1-11-7-17(28(26-11)18-15(21)8-13(20)9-23-18)25-19(29)14-10-24-27(12(14)2)16-5-3-4-6-22-16/h3-10H,1-2H3,(H,25,29). The molecule has 0 saturated carbocycles. The molecule has 4 rings (SSSR count). The lowest BCUT2D eigenvalue weighted by atomic mass is 10.2. The maximum absolute atomic E-state index is 12.9. The average Bonchev–Trinajstić information content (AvgIpc) is 3.25. The van der Waals surface area contributed by atoms with Crippen molar-refractivity contribution >= 4 is 34.9 Å². The van der Waals surface area contributed by atoms with E-state index in [1.54, 1.807) is 36.9 Å². The topological polar surface area (TPSA) is 90.5 Å². The Kier molecular flexibility index (Phi) is 5.04. The monoisotopic (exact) mass is 427 g/mol. The molecule has 1 amide bonds. The highest BCUT2D eigenvalue weighted by molar-refractivity contribution is 6.35. The lowest BCUT2D eigenvalue weighted by Gasteiger charge is -2.10. The molecular weight excluding hydrogens is 413 g/mol. The third kappa shape index (κ3) is 3.72. The lowest BCUT2D eigenvalue weighted by molar-refractivity contribution is 0.102. The van der Waals surface area contributed by atoms with E-state index in [4.69, 9.17) is 23.2 Å². The predicted molar refractivity (Wildman–Crippen MR) is 110 cm³/mol. The molecule has 0 aliphatic carbocycles. The van der Waals surface area contributed by atoms with E-state index in [-0.39, 0.29) is 5.91 Å². The van der Waals surface area contributed by atoms with Crippen molar-refractivity contribution in [1.29, 1.82) is 0 Å². The molecule has 0 spiro atoms. The van der Waals surface area contributed by atoms with Crippen molar-refractivity contribution in [2.45, 2.75) is 13.8 Å². The number of anilines is 1. The first-order valence-electron chi connectivity index (χ1n) is 8.59. The van der Waals surface area contributed by atoms with Crippen LogP contribution in [0.25, 0.3) is 11.6 Å². The number of aromatic nitrogens is 6. The Bertz CT molecular complexity index is 1200. The molecule has 4 aromatic heterocycles. The summed E-state index contributed by atoms with van der Waals surface area (Å²) in [6.45, 7) is 3.61. The van der Waals surface area contributed by atoms with E-state index >= 15 is 0 Å². The van der Waals surface area contributed by atoms with Gasteiger partial charge in [0, 0.05) is 18.5 Å². The zero-order valence-electron chi connectivity index (χ0n) is 15.5. The minimum Gasteiger partial charge on any atom is -0.306 e. The van der Waals surface area contributed by atoms with Crippen molar-refractivity contribution in [3.63, 3.8) is 0 Å². The van der Waals surface area contributed by atoms with Crippen LogP contribution in [0.4, 0.5) is 5.82 Å². The first kappa shape index (κ1) is 19.1. The van der Waals surface area contributed by atoms with E-state index in [0.29, 0.717) is 44.5 Å². The van der Waals surface area contributed by atoms with E-state index in [1.807, 2.05) is 18.2 Å². The second kappa shape index (κ2) is 7.65. The molecule has 10 heteroatoms. The van der Waals surface area contributed by atoms with Gasteiger partial charge < -0.3 is 5.32 Å². The number of carbonyl (C=O) groups excluding carboxylic acids is 1. The summed E-state index contributed by atoms with van der Waals surface area (Å²) in [5.74, 6) is 1.08. The number of nitrogens with one attached hydrogen (secondary N) is 1. The van der Waals surface area contributed by atoms with Crippen molar-refractivity contribution in [2.75, 3.05) is 5.32 Å². The lowest BCUT2D eigenvalue weighted by Crippen LogP contribution is -2.16. The minimum absolute atomic E-state index is 0.315. The second-order valence-corrected chi connectivity index (χ2v) is 7.08. The van der Waals surface area contributed by atoms with Crippen molar-refractivity contribution in [3.8, 4) is 11.6 Å². The maximum atomic E-state index is 12.9. The van der Waals surface area contributed by atoms with Crippen LogP contribution in [-0.4, -0.2) is 35.4 Å². The van der Waals surface area contributed by atoms with Gasteiger partial charge >= 0.3 is 0 Å². The number of nitrogens with zero attached hydrogens (tertiary/aromatic N) is 6. The summed E-state index contributed by atoms with van der Waals surface area (Å²) in [5, 5.41) is 12.2. The van der Waals surface area contributed by atoms with Gasteiger partial charge in [0.2, 0.25) is 0 Å². The molecule has 0 fully saturated rings. The van der Waals surface area contributed by atoms with Gasteiger partial charge in [-0.15, -0.1) is 0 Å². The fourth-order valence-electron chi connectivity index (χ4n) is 2.84. The molecule has 0 radical (unpaired) electrons. The summed E-state index contributed by atoms with van der Waals surface area (Å²) in [6, 6.07) is 8.77. The van der Waals surface area contributed by atoms with Crippen LogP contribution in [0.15, 0.2) is 48.9 Å². The van der Waals surface area contributed by atoms with Crippen LogP contribution in [0.1, 0.15) is 21.7 Å². The van der Waals surface area contributed by atoms with E-state index in [2.05, 4.69) is 25.5 Å². The van der Waals surface area contributed by atoms with Crippen LogP contribution >= 0.6 is 23.2 Å². The summed E-state index contributed by atoms with van der Waals surface area (Å²) >= 11 is 12.2. The third-order valence-electron chi connectivity index (χ3n) is 4.18.